The standard InChI is InChI=1S/C15H22N4O2S/c1-18(2)22(20,21)10-6-9-19(3)12-13-11-16-14-7-4-5-8-15(14)17-13/h4-5,7-8,11H,6,9-10,12H2,1-3H3. The van der Waals surface area contributed by atoms with Gasteiger partial charge in [0.2, 0.25) is 10.0 Å². The lowest BCUT2D eigenvalue weighted by molar-refractivity contribution is 0.323. The summed E-state index contributed by atoms with van der Waals surface area (Å²) in [4.78, 5) is 11.0. The van der Waals surface area contributed by atoms with E-state index in [9.17, 15) is 8.42 Å². The zero-order chi connectivity index (χ0) is 16.2. The molecule has 6 nitrogen and oxygen atoms in total. The molecule has 0 saturated carbocycles. The third-order valence-corrected chi connectivity index (χ3v) is 5.35. The lowest BCUT2D eigenvalue weighted by Crippen LogP contribution is -2.28. The van der Waals surface area contributed by atoms with E-state index in [1.54, 1.807) is 20.3 Å². The van der Waals surface area contributed by atoms with Crippen molar-refractivity contribution in [2.75, 3.05) is 33.4 Å². The Morgan fingerprint density at radius 2 is 1.77 bits per heavy atom. The Balaban J connectivity index is 1.89. The lowest BCUT2D eigenvalue weighted by atomic mass is 10.3. The van der Waals surface area contributed by atoms with Gasteiger partial charge < -0.3 is 4.90 Å². The first kappa shape index (κ1) is 16.8. The second-order valence-electron chi connectivity index (χ2n) is 5.54. The average Bonchev–Trinajstić information content (AvgIpc) is 2.46. The number of rotatable bonds is 7. The molecule has 22 heavy (non-hydrogen) atoms. The summed E-state index contributed by atoms with van der Waals surface area (Å²) < 4.78 is 24.7. The van der Waals surface area contributed by atoms with Crippen molar-refractivity contribution in [3.63, 3.8) is 0 Å². The van der Waals surface area contributed by atoms with Crippen LogP contribution in [0.3, 0.4) is 0 Å². The zero-order valence-electron chi connectivity index (χ0n) is 13.2. The Morgan fingerprint density at radius 1 is 1.09 bits per heavy atom. The number of hydrogen-bond donors (Lipinski definition) is 0. The molecule has 0 aliphatic heterocycles. The van der Waals surface area contributed by atoms with Gasteiger partial charge in [0.1, 0.15) is 0 Å². The highest BCUT2D eigenvalue weighted by Gasteiger charge is 2.13. The van der Waals surface area contributed by atoms with E-state index in [2.05, 4.69) is 14.9 Å². The van der Waals surface area contributed by atoms with Crippen molar-refractivity contribution >= 4 is 21.1 Å². The van der Waals surface area contributed by atoms with E-state index in [-0.39, 0.29) is 5.75 Å². The third-order valence-electron chi connectivity index (χ3n) is 3.43. The van der Waals surface area contributed by atoms with Crippen LogP contribution in [0.25, 0.3) is 11.0 Å². The van der Waals surface area contributed by atoms with Gasteiger partial charge in [-0.1, -0.05) is 12.1 Å². The Bertz CT molecular complexity index is 731. The van der Waals surface area contributed by atoms with E-state index in [1.165, 1.54) is 4.31 Å². The lowest BCUT2D eigenvalue weighted by Gasteiger charge is -2.17. The molecule has 120 valence electrons. The number of sulfonamides is 1. The smallest absolute Gasteiger partial charge is 0.213 e. The summed E-state index contributed by atoms with van der Waals surface area (Å²) >= 11 is 0. The molecular weight excluding hydrogens is 300 g/mol. The molecule has 0 spiro atoms. The van der Waals surface area contributed by atoms with Crippen molar-refractivity contribution in [2.24, 2.45) is 0 Å². The maximum atomic E-state index is 11.7. The highest BCUT2D eigenvalue weighted by atomic mass is 32.2. The normalized spacial score (nSPS) is 12.4. The number of hydrogen-bond acceptors (Lipinski definition) is 5. The van der Waals surface area contributed by atoms with Crippen molar-refractivity contribution < 1.29 is 8.42 Å². The zero-order valence-corrected chi connectivity index (χ0v) is 14.0. The van der Waals surface area contributed by atoms with Crippen molar-refractivity contribution in [1.29, 1.82) is 0 Å². The molecule has 0 atom stereocenters. The highest BCUT2D eigenvalue weighted by molar-refractivity contribution is 7.89. The number of fused-ring (bicyclic) bond motifs is 1. The van der Waals surface area contributed by atoms with Gasteiger partial charge in [-0.15, -0.1) is 0 Å². The van der Waals surface area contributed by atoms with Gasteiger partial charge in [0.05, 0.1) is 28.7 Å². The predicted octanol–water partition coefficient (Wildman–Crippen LogP) is 1.34. The maximum Gasteiger partial charge on any atom is 0.213 e. The predicted molar refractivity (Wildman–Crippen MR) is 88.0 cm³/mol. The summed E-state index contributed by atoms with van der Waals surface area (Å²) in [6, 6.07) is 7.75. The van der Waals surface area contributed by atoms with E-state index in [0.29, 0.717) is 19.5 Å². The van der Waals surface area contributed by atoms with Gasteiger partial charge in [-0.05, 0) is 32.1 Å². The van der Waals surface area contributed by atoms with Gasteiger partial charge in [-0.25, -0.2) is 17.7 Å². The van der Waals surface area contributed by atoms with Crippen LogP contribution in [0, 0.1) is 0 Å². The first-order valence-corrected chi connectivity index (χ1v) is 8.79. The molecule has 0 radical (unpaired) electrons. The van der Waals surface area contributed by atoms with Crippen LogP contribution in [0.5, 0.6) is 0 Å². The van der Waals surface area contributed by atoms with Crippen LogP contribution in [0.15, 0.2) is 30.5 Å². The van der Waals surface area contributed by atoms with Gasteiger partial charge in [0, 0.05) is 20.6 Å². The summed E-state index contributed by atoms with van der Waals surface area (Å²) in [5.41, 5.74) is 2.64. The van der Waals surface area contributed by atoms with Gasteiger partial charge in [-0.2, -0.15) is 0 Å². The van der Waals surface area contributed by atoms with Crippen LogP contribution in [-0.2, 0) is 16.6 Å². The molecule has 0 saturated heterocycles. The minimum Gasteiger partial charge on any atom is -0.300 e. The highest BCUT2D eigenvalue weighted by Crippen LogP contribution is 2.09. The summed E-state index contributed by atoms with van der Waals surface area (Å²) in [5.74, 6) is 0.160. The molecule has 1 heterocycles. The topological polar surface area (TPSA) is 66.4 Å². The van der Waals surface area contributed by atoms with E-state index in [1.807, 2.05) is 31.3 Å². The Labute approximate surface area is 131 Å². The van der Waals surface area contributed by atoms with Gasteiger partial charge >= 0.3 is 0 Å². The monoisotopic (exact) mass is 322 g/mol. The van der Waals surface area contributed by atoms with Gasteiger partial charge in [0.25, 0.3) is 0 Å². The third kappa shape index (κ3) is 4.46. The van der Waals surface area contributed by atoms with Crippen LogP contribution in [0.2, 0.25) is 0 Å². The van der Waals surface area contributed by atoms with Crippen LogP contribution >= 0.6 is 0 Å². The van der Waals surface area contributed by atoms with E-state index in [4.69, 9.17) is 0 Å². The Kier molecular flexibility index (Phi) is 5.44. The number of para-hydroxylation sites is 2. The summed E-state index contributed by atoms with van der Waals surface area (Å²) in [6.45, 7) is 1.35. The number of aromatic nitrogens is 2. The summed E-state index contributed by atoms with van der Waals surface area (Å²) in [6.07, 6.45) is 2.37. The second-order valence-corrected chi connectivity index (χ2v) is 7.84. The minimum atomic E-state index is -3.12. The molecule has 0 N–H and O–H groups in total. The molecule has 0 amide bonds. The van der Waals surface area contributed by atoms with Crippen molar-refractivity contribution in [1.82, 2.24) is 19.2 Å². The fourth-order valence-electron chi connectivity index (χ4n) is 2.13. The summed E-state index contributed by atoms with van der Waals surface area (Å²) in [5, 5.41) is 0. The van der Waals surface area contributed by atoms with E-state index < -0.39 is 10.0 Å². The van der Waals surface area contributed by atoms with E-state index in [0.717, 1.165) is 16.7 Å². The van der Waals surface area contributed by atoms with Gasteiger partial charge in [-0.3, -0.25) is 4.98 Å². The fourth-order valence-corrected chi connectivity index (χ4v) is 2.99. The fraction of sp³-hybridized carbons (Fsp3) is 0.467. The van der Waals surface area contributed by atoms with Gasteiger partial charge in [0.15, 0.2) is 0 Å². The van der Waals surface area contributed by atoms with Crippen LogP contribution < -0.4 is 0 Å². The van der Waals surface area contributed by atoms with Crippen molar-refractivity contribution in [3.8, 4) is 0 Å². The first-order valence-electron chi connectivity index (χ1n) is 7.18. The largest absolute Gasteiger partial charge is 0.300 e. The molecule has 7 heteroatoms. The number of benzene rings is 1. The van der Waals surface area contributed by atoms with Crippen LogP contribution in [0.1, 0.15) is 12.1 Å². The quantitative estimate of drug-likeness (QED) is 0.770. The Hall–Kier alpha value is -1.57. The minimum absolute atomic E-state index is 0.160. The first-order chi connectivity index (χ1) is 10.4. The number of nitrogens with zero attached hydrogens (tertiary/aromatic N) is 4. The molecule has 0 aliphatic rings. The molecule has 0 unspecified atom stereocenters. The molecule has 0 fully saturated rings. The Morgan fingerprint density at radius 3 is 2.45 bits per heavy atom. The molecule has 2 rings (SSSR count). The average molecular weight is 322 g/mol. The van der Waals surface area contributed by atoms with E-state index >= 15 is 0 Å². The van der Waals surface area contributed by atoms with Crippen molar-refractivity contribution in [2.45, 2.75) is 13.0 Å². The molecule has 1 aromatic heterocycles. The molecule has 1 aromatic carbocycles. The SMILES string of the molecule is CN(CCCS(=O)(=O)N(C)C)Cc1cnc2ccccc2n1. The molecule has 0 bridgehead atoms. The molecule has 2 aromatic rings. The molecule has 0 aliphatic carbocycles. The summed E-state index contributed by atoms with van der Waals surface area (Å²) in [7, 11) is 1.96. The van der Waals surface area contributed by atoms with Crippen LogP contribution in [0.4, 0.5) is 0 Å². The maximum absolute atomic E-state index is 11.7. The van der Waals surface area contributed by atoms with Crippen LogP contribution in [-0.4, -0.2) is 61.0 Å². The van der Waals surface area contributed by atoms with Crippen molar-refractivity contribution in [3.05, 3.63) is 36.2 Å². The molecular formula is C15H22N4O2S. The second kappa shape index (κ2) is 7.13.